The normalized spacial score (nSPS) is 18.5. The van der Waals surface area contributed by atoms with E-state index in [2.05, 4.69) is 31.7 Å². The minimum atomic E-state index is -0.356. The van der Waals surface area contributed by atoms with E-state index in [9.17, 15) is 4.79 Å². The summed E-state index contributed by atoms with van der Waals surface area (Å²) in [6.07, 6.45) is 1.85. The number of rotatable bonds is 3. The van der Waals surface area contributed by atoms with Crippen LogP contribution in [0.5, 0.6) is 0 Å². The van der Waals surface area contributed by atoms with Crippen LogP contribution in [-0.4, -0.2) is 15.7 Å². The molecule has 2 heterocycles. The maximum atomic E-state index is 12.2. The van der Waals surface area contributed by atoms with Crippen molar-refractivity contribution in [2.75, 3.05) is 5.32 Å². The molecule has 1 aliphatic rings. The zero-order valence-corrected chi connectivity index (χ0v) is 13.7. The zero-order valence-electron chi connectivity index (χ0n) is 12.1. The highest BCUT2D eigenvalue weighted by atomic mass is 79.9. The van der Waals surface area contributed by atoms with E-state index in [4.69, 9.17) is 0 Å². The van der Waals surface area contributed by atoms with Crippen molar-refractivity contribution in [3.63, 3.8) is 0 Å². The number of benzene rings is 1. The van der Waals surface area contributed by atoms with Crippen molar-refractivity contribution in [3.8, 4) is 0 Å². The highest BCUT2D eigenvalue weighted by molar-refractivity contribution is 9.10. The van der Waals surface area contributed by atoms with E-state index in [0.29, 0.717) is 0 Å². The van der Waals surface area contributed by atoms with Gasteiger partial charge in [0.2, 0.25) is 5.91 Å². The average molecular weight is 349 g/mol. The molecule has 2 atom stereocenters. The summed E-state index contributed by atoms with van der Waals surface area (Å²) in [5, 5.41) is 10.6. The molecule has 0 saturated heterocycles. The third kappa shape index (κ3) is 2.38. The summed E-state index contributed by atoms with van der Waals surface area (Å²) in [4.78, 5) is 12.2. The van der Waals surface area contributed by atoms with Crippen LogP contribution in [0.3, 0.4) is 0 Å². The Morgan fingerprint density at radius 1 is 1.48 bits per heavy atom. The molecular weight excluding hydrogens is 332 g/mol. The van der Waals surface area contributed by atoms with E-state index >= 15 is 0 Å². The smallest absolute Gasteiger partial charge is 0.246 e. The molecule has 0 spiro atoms. The zero-order chi connectivity index (χ0) is 15.1. The largest absolute Gasteiger partial charge is 0.324 e. The molecule has 6 heteroatoms. The highest BCUT2D eigenvalue weighted by Crippen LogP contribution is 2.37. The molecule has 2 aromatic rings. The van der Waals surface area contributed by atoms with Crippen molar-refractivity contribution in [3.05, 3.63) is 45.7 Å². The predicted molar refractivity (Wildman–Crippen MR) is 85.0 cm³/mol. The molecule has 0 radical (unpaired) electrons. The van der Waals surface area contributed by atoms with Crippen LogP contribution in [0.15, 0.2) is 28.9 Å². The molecule has 1 aromatic heterocycles. The number of aromatic nitrogens is 2. The van der Waals surface area contributed by atoms with Gasteiger partial charge in [0.15, 0.2) is 0 Å². The van der Waals surface area contributed by atoms with E-state index < -0.39 is 0 Å². The SMILES string of the molecule is Cc1c(C(C)NC2C(=O)Nc3cccc(Br)c32)cnn1C. The van der Waals surface area contributed by atoms with Gasteiger partial charge >= 0.3 is 0 Å². The monoisotopic (exact) mass is 348 g/mol. The van der Waals surface area contributed by atoms with Crippen LogP contribution in [-0.2, 0) is 11.8 Å². The lowest BCUT2D eigenvalue weighted by atomic mass is 10.0. The Bertz CT molecular complexity index is 710. The van der Waals surface area contributed by atoms with Crippen LogP contribution in [0.1, 0.15) is 35.8 Å². The van der Waals surface area contributed by atoms with Crippen molar-refractivity contribution in [2.24, 2.45) is 7.05 Å². The number of fused-ring (bicyclic) bond motifs is 1. The second kappa shape index (κ2) is 5.27. The van der Waals surface area contributed by atoms with Crippen LogP contribution < -0.4 is 10.6 Å². The Balaban J connectivity index is 1.89. The number of carbonyl (C=O) groups is 1. The highest BCUT2D eigenvalue weighted by Gasteiger charge is 2.33. The van der Waals surface area contributed by atoms with Crippen LogP contribution in [0, 0.1) is 6.92 Å². The number of halogens is 1. The molecule has 0 saturated carbocycles. The standard InChI is InChI=1S/C15H17BrN4O/c1-8(10-7-17-20(3)9(10)2)18-14-13-11(16)5-4-6-12(13)19-15(14)21/h4-8,14,18H,1-3H3,(H,19,21). The van der Waals surface area contributed by atoms with Crippen molar-refractivity contribution in [1.82, 2.24) is 15.1 Å². The number of nitrogens with zero attached hydrogens (tertiary/aromatic N) is 2. The van der Waals surface area contributed by atoms with E-state index in [1.54, 1.807) is 0 Å². The summed E-state index contributed by atoms with van der Waals surface area (Å²) in [7, 11) is 1.92. The molecule has 1 aliphatic heterocycles. The van der Waals surface area contributed by atoms with Crippen molar-refractivity contribution in [2.45, 2.75) is 25.9 Å². The van der Waals surface area contributed by atoms with Gasteiger partial charge in [0, 0.05) is 40.1 Å². The molecule has 2 unspecified atom stereocenters. The molecule has 110 valence electrons. The van der Waals surface area contributed by atoms with E-state index in [0.717, 1.165) is 27.0 Å². The fraction of sp³-hybridized carbons (Fsp3) is 0.333. The third-order valence-corrected chi connectivity index (χ3v) is 4.71. The third-order valence-electron chi connectivity index (χ3n) is 4.02. The van der Waals surface area contributed by atoms with Gasteiger partial charge in [-0.05, 0) is 26.0 Å². The number of anilines is 1. The first kappa shape index (κ1) is 14.3. The molecule has 0 bridgehead atoms. The summed E-state index contributed by atoms with van der Waals surface area (Å²) in [5.74, 6) is -0.0229. The van der Waals surface area contributed by atoms with Gasteiger partial charge in [-0.15, -0.1) is 0 Å². The molecule has 0 fully saturated rings. The first-order valence-corrected chi connectivity index (χ1v) is 7.62. The quantitative estimate of drug-likeness (QED) is 0.896. The summed E-state index contributed by atoms with van der Waals surface area (Å²) in [6.45, 7) is 4.07. The van der Waals surface area contributed by atoms with Gasteiger partial charge in [-0.2, -0.15) is 5.10 Å². The van der Waals surface area contributed by atoms with Crippen LogP contribution in [0.2, 0.25) is 0 Å². The molecule has 5 nitrogen and oxygen atoms in total. The van der Waals surface area contributed by atoms with Crippen molar-refractivity contribution < 1.29 is 4.79 Å². The molecular formula is C15H17BrN4O. The summed E-state index contributed by atoms with van der Waals surface area (Å²) < 4.78 is 2.78. The number of hydrogen-bond acceptors (Lipinski definition) is 3. The minimum Gasteiger partial charge on any atom is -0.324 e. The lowest BCUT2D eigenvalue weighted by Crippen LogP contribution is -2.30. The molecule has 21 heavy (non-hydrogen) atoms. The van der Waals surface area contributed by atoms with Gasteiger partial charge in [-0.3, -0.25) is 14.8 Å². The number of amides is 1. The Labute approximate surface area is 131 Å². The summed E-state index contributed by atoms with van der Waals surface area (Å²) in [5.41, 5.74) is 4.03. The van der Waals surface area contributed by atoms with Crippen molar-refractivity contribution >= 4 is 27.5 Å². The van der Waals surface area contributed by atoms with Gasteiger partial charge in [-0.1, -0.05) is 22.0 Å². The first-order valence-electron chi connectivity index (χ1n) is 6.83. The van der Waals surface area contributed by atoms with E-state index in [-0.39, 0.29) is 18.0 Å². The molecule has 2 N–H and O–H groups in total. The van der Waals surface area contributed by atoms with Gasteiger partial charge in [0.1, 0.15) is 6.04 Å². The van der Waals surface area contributed by atoms with Crippen LogP contribution >= 0.6 is 15.9 Å². The Hall–Kier alpha value is -1.66. The molecule has 1 aromatic carbocycles. The van der Waals surface area contributed by atoms with Gasteiger partial charge in [0.05, 0.1) is 6.20 Å². The Morgan fingerprint density at radius 3 is 2.90 bits per heavy atom. The van der Waals surface area contributed by atoms with Gasteiger partial charge < -0.3 is 5.32 Å². The topological polar surface area (TPSA) is 59.0 Å². The van der Waals surface area contributed by atoms with Gasteiger partial charge in [-0.25, -0.2) is 0 Å². The van der Waals surface area contributed by atoms with Crippen molar-refractivity contribution in [1.29, 1.82) is 0 Å². The number of carbonyl (C=O) groups excluding carboxylic acids is 1. The van der Waals surface area contributed by atoms with Crippen LogP contribution in [0.4, 0.5) is 5.69 Å². The first-order chi connectivity index (χ1) is 9.99. The minimum absolute atomic E-state index is 0.0229. The fourth-order valence-corrected chi connectivity index (χ4v) is 3.31. The molecule has 3 rings (SSSR count). The van der Waals surface area contributed by atoms with E-state index in [1.807, 2.05) is 50.0 Å². The second-order valence-corrected chi connectivity index (χ2v) is 6.17. The average Bonchev–Trinajstić information content (AvgIpc) is 2.93. The maximum Gasteiger partial charge on any atom is 0.246 e. The predicted octanol–water partition coefficient (Wildman–Crippen LogP) is 2.84. The number of aryl methyl sites for hydroxylation is 1. The molecule has 1 amide bonds. The Morgan fingerprint density at radius 2 is 2.24 bits per heavy atom. The Kier molecular flexibility index (Phi) is 3.59. The lowest BCUT2D eigenvalue weighted by Gasteiger charge is -2.19. The van der Waals surface area contributed by atoms with E-state index in [1.165, 1.54) is 0 Å². The number of nitrogens with one attached hydrogen (secondary N) is 2. The number of hydrogen-bond donors (Lipinski definition) is 2. The lowest BCUT2D eigenvalue weighted by molar-refractivity contribution is -0.117. The van der Waals surface area contributed by atoms with Gasteiger partial charge in [0.25, 0.3) is 0 Å². The second-order valence-electron chi connectivity index (χ2n) is 5.32. The fourth-order valence-electron chi connectivity index (χ4n) is 2.72. The maximum absolute atomic E-state index is 12.2. The summed E-state index contributed by atoms with van der Waals surface area (Å²) in [6, 6.07) is 5.46. The molecule has 0 aliphatic carbocycles. The van der Waals surface area contributed by atoms with Crippen LogP contribution in [0.25, 0.3) is 0 Å². The summed E-state index contributed by atoms with van der Waals surface area (Å²) >= 11 is 3.53.